The van der Waals surface area contributed by atoms with Crippen LogP contribution in [0.5, 0.6) is 0 Å². The van der Waals surface area contributed by atoms with Gasteiger partial charge in [-0.1, -0.05) is 25.5 Å². The van der Waals surface area contributed by atoms with Crippen LogP contribution in [0.4, 0.5) is 10.5 Å². The van der Waals surface area contributed by atoms with Crippen LogP contribution in [-0.2, 0) is 4.74 Å². The number of benzene rings is 1. The zero-order valence-corrected chi connectivity index (χ0v) is 12.2. The van der Waals surface area contributed by atoms with E-state index in [-0.39, 0.29) is 11.3 Å². The molecule has 2 amide bonds. The van der Waals surface area contributed by atoms with E-state index in [9.17, 15) is 9.59 Å². The number of unbranched alkanes of at least 4 members (excludes halogenated alkanes) is 1. The summed E-state index contributed by atoms with van der Waals surface area (Å²) >= 11 is 0. The topological polar surface area (TPSA) is 87.7 Å². The number of hydrogen-bond donors (Lipinski definition) is 3. The van der Waals surface area contributed by atoms with E-state index < -0.39 is 12.0 Å². The number of hydrogen-bond acceptors (Lipinski definition) is 3. The summed E-state index contributed by atoms with van der Waals surface area (Å²) in [6.07, 6.45) is 2.86. The Morgan fingerprint density at radius 1 is 1.19 bits per heavy atom. The molecule has 116 valence electrons. The minimum Gasteiger partial charge on any atom is -0.478 e. The number of urea groups is 1. The molecule has 0 aromatic heterocycles. The van der Waals surface area contributed by atoms with Crippen LogP contribution in [0.15, 0.2) is 24.3 Å². The lowest BCUT2D eigenvalue weighted by Crippen LogP contribution is -2.30. The smallest absolute Gasteiger partial charge is 0.337 e. The first-order chi connectivity index (χ1) is 10.1. The molecule has 1 aromatic carbocycles. The highest BCUT2D eigenvalue weighted by molar-refractivity contribution is 5.99. The summed E-state index contributed by atoms with van der Waals surface area (Å²) in [7, 11) is 0. The van der Waals surface area contributed by atoms with Crippen LogP contribution in [0.1, 0.15) is 36.5 Å². The average Bonchev–Trinajstić information content (AvgIpc) is 2.46. The van der Waals surface area contributed by atoms with Gasteiger partial charge in [0.25, 0.3) is 0 Å². The second-order valence-corrected chi connectivity index (χ2v) is 4.55. The van der Waals surface area contributed by atoms with Gasteiger partial charge in [-0.05, 0) is 25.0 Å². The van der Waals surface area contributed by atoms with Crippen molar-refractivity contribution >= 4 is 17.7 Å². The van der Waals surface area contributed by atoms with Gasteiger partial charge in [-0.2, -0.15) is 0 Å². The van der Waals surface area contributed by atoms with Gasteiger partial charge >= 0.3 is 12.0 Å². The third-order valence-corrected chi connectivity index (χ3v) is 2.80. The first-order valence-electron chi connectivity index (χ1n) is 7.10. The Balaban J connectivity index is 2.27. The number of para-hydroxylation sites is 1. The molecule has 0 saturated carbocycles. The first kappa shape index (κ1) is 17.0. The summed E-state index contributed by atoms with van der Waals surface area (Å²) in [6, 6.07) is 5.86. The van der Waals surface area contributed by atoms with Crippen molar-refractivity contribution in [3.05, 3.63) is 29.8 Å². The van der Waals surface area contributed by atoms with E-state index in [0.29, 0.717) is 13.2 Å². The molecule has 0 aliphatic carbocycles. The van der Waals surface area contributed by atoms with Crippen molar-refractivity contribution in [1.29, 1.82) is 0 Å². The van der Waals surface area contributed by atoms with Crippen molar-refractivity contribution in [2.45, 2.75) is 26.2 Å². The van der Waals surface area contributed by atoms with E-state index >= 15 is 0 Å². The molecular weight excluding hydrogens is 272 g/mol. The predicted molar refractivity (Wildman–Crippen MR) is 80.8 cm³/mol. The maximum absolute atomic E-state index is 11.7. The van der Waals surface area contributed by atoms with Crippen molar-refractivity contribution in [1.82, 2.24) is 5.32 Å². The number of nitrogens with one attached hydrogen (secondary N) is 2. The molecule has 3 N–H and O–H groups in total. The lowest BCUT2D eigenvalue weighted by molar-refractivity contribution is 0.0698. The van der Waals surface area contributed by atoms with Crippen LogP contribution in [0.3, 0.4) is 0 Å². The normalized spacial score (nSPS) is 10.1. The number of carbonyl (C=O) groups is 2. The fraction of sp³-hybridized carbons (Fsp3) is 0.467. The lowest BCUT2D eigenvalue weighted by atomic mass is 10.2. The number of aromatic carboxylic acids is 1. The Kier molecular flexibility index (Phi) is 7.89. The Morgan fingerprint density at radius 2 is 1.90 bits per heavy atom. The van der Waals surface area contributed by atoms with Crippen LogP contribution in [0, 0.1) is 0 Å². The number of anilines is 1. The second-order valence-electron chi connectivity index (χ2n) is 4.55. The maximum Gasteiger partial charge on any atom is 0.337 e. The third-order valence-electron chi connectivity index (χ3n) is 2.80. The molecule has 0 aliphatic heterocycles. The van der Waals surface area contributed by atoms with E-state index in [4.69, 9.17) is 9.84 Å². The minimum atomic E-state index is -1.07. The second kappa shape index (κ2) is 9.77. The molecule has 0 saturated heterocycles. The third kappa shape index (κ3) is 6.76. The lowest BCUT2D eigenvalue weighted by Gasteiger charge is -2.09. The van der Waals surface area contributed by atoms with Gasteiger partial charge in [-0.25, -0.2) is 9.59 Å². The highest BCUT2D eigenvalue weighted by atomic mass is 16.5. The molecule has 0 atom stereocenters. The molecule has 0 bridgehead atoms. The molecular formula is C15H22N2O4. The van der Waals surface area contributed by atoms with Gasteiger partial charge in [0.1, 0.15) is 0 Å². The van der Waals surface area contributed by atoms with Crippen molar-refractivity contribution in [3.63, 3.8) is 0 Å². The molecule has 0 aliphatic rings. The Bertz CT molecular complexity index is 463. The van der Waals surface area contributed by atoms with Crippen molar-refractivity contribution < 1.29 is 19.4 Å². The van der Waals surface area contributed by atoms with E-state index in [1.807, 2.05) is 0 Å². The van der Waals surface area contributed by atoms with Crippen molar-refractivity contribution in [2.75, 3.05) is 25.1 Å². The monoisotopic (exact) mass is 294 g/mol. The molecule has 0 spiro atoms. The maximum atomic E-state index is 11.7. The zero-order valence-electron chi connectivity index (χ0n) is 12.2. The predicted octanol–water partition coefficient (Wildman–Crippen LogP) is 2.71. The zero-order chi connectivity index (χ0) is 15.5. The van der Waals surface area contributed by atoms with E-state index in [1.165, 1.54) is 6.07 Å². The number of carboxylic acid groups (broad SMARTS) is 1. The molecule has 1 rings (SSSR count). The van der Waals surface area contributed by atoms with E-state index in [1.54, 1.807) is 18.2 Å². The molecule has 0 fully saturated rings. The molecule has 6 nitrogen and oxygen atoms in total. The fourth-order valence-corrected chi connectivity index (χ4v) is 1.67. The van der Waals surface area contributed by atoms with Gasteiger partial charge in [0, 0.05) is 19.8 Å². The fourth-order valence-electron chi connectivity index (χ4n) is 1.67. The van der Waals surface area contributed by atoms with Gasteiger partial charge in [0.15, 0.2) is 0 Å². The summed E-state index contributed by atoms with van der Waals surface area (Å²) in [5.41, 5.74) is 0.345. The van der Waals surface area contributed by atoms with Gasteiger partial charge in [-0.3, -0.25) is 0 Å². The Labute approximate surface area is 124 Å². The Hall–Kier alpha value is -2.08. The average molecular weight is 294 g/mol. The molecule has 1 aromatic rings. The SMILES string of the molecule is CCCCOCCCNC(=O)Nc1ccccc1C(=O)O. The number of ether oxygens (including phenoxy) is 1. The number of amides is 2. The molecule has 0 unspecified atom stereocenters. The van der Waals surface area contributed by atoms with Crippen LogP contribution < -0.4 is 10.6 Å². The van der Waals surface area contributed by atoms with Gasteiger partial charge in [0.2, 0.25) is 0 Å². The number of carboxylic acids is 1. The summed E-state index contributed by atoms with van der Waals surface area (Å²) in [5, 5.41) is 14.2. The number of carbonyl (C=O) groups excluding carboxylic acids is 1. The van der Waals surface area contributed by atoms with Crippen molar-refractivity contribution in [3.8, 4) is 0 Å². The molecule has 6 heteroatoms. The first-order valence-corrected chi connectivity index (χ1v) is 7.10. The van der Waals surface area contributed by atoms with Crippen LogP contribution in [0.25, 0.3) is 0 Å². The standard InChI is InChI=1S/C15H22N2O4/c1-2-3-10-21-11-6-9-16-15(20)17-13-8-5-4-7-12(13)14(18)19/h4-5,7-8H,2-3,6,9-11H2,1H3,(H,18,19)(H2,16,17,20). The van der Waals surface area contributed by atoms with E-state index in [2.05, 4.69) is 17.6 Å². The minimum absolute atomic E-state index is 0.0653. The molecule has 0 radical (unpaired) electrons. The number of rotatable bonds is 9. The van der Waals surface area contributed by atoms with E-state index in [0.717, 1.165) is 25.9 Å². The van der Waals surface area contributed by atoms with Crippen molar-refractivity contribution in [2.24, 2.45) is 0 Å². The quantitative estimate of drug-likeness (QED) is 0.611. The van der Waals surface area contributed by atoms with Crippen LogP contribution in [-0.4, -0.2) is 36.9 Å². The summed E-state index contributed by atoms with van der Waals surface area (Å²) in [6.45, 7) is 3.93. The summed E-state index contributed by atoms with van der Waals surface area (Å²) < 4.78 is 5.38. The molecule has 21 heavy (non-hydrogen) atoms. The van der Waals surface area contributed by atoms with Crippen LogP contribution >= 0.6 is 0 Å². The summed E-state index contributed by atoms with van der Waals surface area (Å²) in [5.74, 6) is -1.07. The highest BCUT2D eigenvalue weighted by Gasteiger charge is 2.10. The van der Waals surface area contributed by atoms with Gasteiger partial charge in [0.05, 0.1) is 11.3 Å². The largest absolute Gasteiger partial charge is 0.478 e. The summed E-state index contributed by atoms with van der Waals surface area (Å²) in [4.78, 5) is 22.7. The Morgan fingerprint density at radius 3 is 2.62 bits per heavy atom. The van der Waals surface area contributed by atoms with Gasteiger partial charge in [-0.15, -0.1) is 0 Å². The van der Waals surface area contributed by atoms with Crippen LogP contribution in [0.2, 0.25) is 0 Å². The molecule has 0 heterocycles. The highest BCUT2D eigenvalue weighted by Crippen LogP contribution is 2.14. The van der Waals surface area contributed by atoms with Gasteiger partial charge < -0.3 is 20.5 Å².